The molecule has 0 spiro atoms. The Morgan fingerprint density at radius 2 is 2.14 bits per heavy atom. The number of carbonyl (C=O) groups is 1. The van der Waals surface area contributed by atoms with Gasteiger partial charge < -0.3 is 15.4 Å². The van der Waals surface area contributed by atoms with Crippen LogP contribution in [0.1, 0.15) is 44.1 Å². The molecule has 1 amide bonds. The van der Waals surface area contributed by atoms with E-state index in [0.29, 0.717) is 19.1 Å². The monoisotopic (exact) mass is 401 g/mol. The van der Waals surface area contributed by atoms with Crippen LogP contribution in [0.2, 0.25) is 0 Å². The third-order valence-corrected chi connectivity index (χ3v) is 6.10. The first-order chi connectivity index (χ1) is 13.7. The van der Waals surface area contributed by atoms with Crippen LogP contribution in [-0.2, 0) is 9.53 Å². The third kappa shape index (κ3) is 6.04. The second-order valence-electron chi connectivity index (χ2n) is 7.63. The van der Waals surface area contributed by atoms with Gasteiger partial charge >= 0.3 is 0 Å². The van der Waals surface area contributed by atoms with Crippen molar-refractivity contribution in [3.05, 3.63) is 35.2 Å². The van der Waals surface area contributed by atoms with Crippen molar-refractivity contribution in [1.29, 1.82) is 0 Å². The number of hydrogen-bond donors (Lipinski definition) is 2. The van der Waals surface area contributed by atoms with Gasteiger partial charge in [0.05, 0.1) is 12.3 Å². The minimum Gasteiger partial charge on any atom is -0.383 e. The standard InChI is InChI=1S/C22H31N3O2S/c1-16-7-6-10-18(13-16)20-15-28-22(25-20)24-19(21(26)23-11-12-27-2)14-17-8-4-3-5-9-17/h6-7,10,13,15,17,19H,3-5,8-9,11-12,14H2,1-2H3,(H,23,26)(H,24,25)/t19-/m0/s1. The van der Waals surface area contributed by atoms with Crippen molar-refractivity contribution in [3.63, 3.8) is 0 Å². The fourth-order valence-corrected chi connectivity index (χ4v) is 4.59. The topological polar surface area (TPSA) is 63.2 Å². The lowest BCUT2D eigenvalue weighted by Gasteiger charge is -2.26. The fourth-order valence-electron chi connectivity index (χ4n) is 3.81. The van der Waals surface area contributed by atoms with Crippen LogP contribution in [0.15, 0.2) is 29.6 Å². The van der Waals surface area contributed by atoms with Crippen molar-refractivity contribution < 1.29 is 9.53 Å². The number of thiazole rings is 1. The fraction of sp³-hybridized carbons (Fsp3) is 0.545. The van der Waals surface area contributed by atoms with E-state index >= 15 is 0 Å². The quantitative estimate of drug-likeness (QED) is 0.601. The number of benzene rings is 1. The lowest BCUT2D eigenvalue weighted by atomic mass is 9.84. The van der Waals surface area contributed by atoms with Gasteiger partial charge in [-0.2, -0.15) is 0 Å². The van der Waals surface area contributed by atoms with E-state index in [1.54, 1.807) is 18.4 Å². The molecule has 1 atom stereocenters. The summed E-state index contributed by atoms with van der Waals surface area (Å²) in [7, 11) is 1.65. The van der Waals surface area contributed by atoms with Crippen molar-refractivity contribution in [2.24, 2.45) is 5.92 Å². The maximum absolute atomic E-state index is 12.8. The zero-order valence-corrected chi connectivity index (χ0v) is 17.7. The Kier molecular flexibility index (Phi) is 7.86. The van der Waals surface area contributed by atoms with Crippen LogP contribution in [0, 0.1) is 12.8 Å². The number of anilines is 1. The van der Waals surface area contributed by atoms with Crippen molar-refractivity contribution in [3.8, 4) is 11.3 Å². The summed E-state index contributed by atoms with van der Waals surface area (Å²) in [6, 6.07) is 8.08. The number of methoxy groups -OCH3 is 1. The average Bonchev–Trinajstić information content (AvgIpc) is 3.17. The van der Waals surface area contributed by atoms with E-state index in [2.05, 4.69) is 41.1 Å². The number of amides is 1. The summed E-state index contributed by atoms with van der Waals surface area (Å²) < 4.78 is 5.06. The number of carbonyl (C=O) groups excluding carboxylic acids is 1. The summed E-state index contributed by atoms with van der Waals surface area (Å²) >= 11 is 1.56. The smallest absolute Gasteiger partial charge is 0.242 e. The molecule has 1 aromatic heterocycles. The first-order valence-electron chi connectivity index (χ1n) is 10.2. The van der Waals surface area contributed by atoms with Gasteiger partial charge in [-0.05, 0) is 25.3 Å². The molecule has 1 aliphatic rings. The molecule has 1 heterocycles. The lowest BCUT2D eigenvalue weighted by molar-refractivity contribution is -0.122. The van der Waals surface area contributed by atoms with Gasteiger partial charge in [-0.25, -0.2) is 4.98 Å². The molecule has 152 valence electrons. The highest BCUT2D eigenvalue weighted by molar-refractivity contribution is 7.14. The zero-order chi connectivity index (χ0) is 19.8. The highest BCUT2D eigenvalue weighted by atomic mass is 32.1. The average molecular weight is 402 g/mol. The molecule has 0 radical (unpaired) electrons. The van der Waals surface area contributed by atoms with Crippen LogP contribution >= 0.6 is 11.3 Å². The molecule has 2 N–H and O–H groups in total. The molecule has 28 heavy (non-hydrogen) atoms. The van der Waals surface area contributed by atoms with Gasteiger partial charge in [0.1, 0.15) is 6.04 Å². The van der Waals surface area contributed by atoms with Gasteiger partial charge in [-0.3, -0.25) is 4.79 Å². The van der Waals surface area contributed by atoms with Gasteiger partial charge in [0.15, 0.2) is 5.13 Å². The van der Waals surface area contributed by atoms with Gasteiger partial charge in [0.25, 0.3) is 0 Å². The molecular weight excluding hydrogens is 370 g/mol. The van der Waals surface area contributed by atoms with Gasteiger partial charge in [0, 0.05) is 24.6 Å². The number of aryl methyl sites for hydroxylation is 1. The number of aromatic nitrogens is 1. The van der Waals surface area contributed by atoms with E-state index in [1.165, 1.54) is 37.7 Å². The Morgan fingerprint density at radius 3 is 2.89 bits per heavy atom. The highest BCUT2D eigenvalue weighted by Crippen LogP contribution is 2.30. The number of rotatable bonds is 9. The van der Waals surface area contributed by atoms with E-state index < -0.39 is 0 Å². The van der Waals surface area contributed by atoms with Crippen molar-refractivity contribution >= 4 is 22.4 Å². The minimum atomic E-state index is -0.253. The minimum absolute atomic E-state index is 0.0370. The summed E-state index contributed by atoms with van der Waals surface area (Å²) in [5.41, 5.74) is 3.28. The molecule has 0 aliphatic heterocycles. The summed E-state index contributed by atoms with van der Waals surface area (Å²) in [5, 5.41) is 9.26. The maximum Gasteiger partial charge on any atom is 0.242 e. The molecule has 1 aromatic carbocycles. The molecule has 0 bridgehead atoms. The zero-order valence-electron chi connectivity index (χ0n) is 16.9. The highest BCUT2D eigenvalue weighted by Gasteiger charge is 2.25. The second kappa shape index (κ2) is 10.6. The number of ether oxygens (including phenoxy) is 1. The molecule has 1 saturated carbocycles. The Hall–Kier alpha value is -1.92. The second-order valence-corrected chi connectivity index (χ2v) is 8.49. The van der Waals surface area contributed by atoms with Crippen LogP contribution in [0.25, 0.3) is 11.3 Å². The predicted octanol–water partition coefficient (Wildman–Crippen LogP) is 4.63. The van der Waals surface area contributed by atoms with Crippen molar-refractivity contribution in [1.82, 2.24) is 10.3 Å². The maximum atomic E-state index is 12.8. The Labute approximate surface area is 171 Å². The number of hydrogen-bond acceptors (Lipinski definition) is 5. The first kappa shape index (κ1) is 20.8. The molecule has 3 rings (SSSR count). The lowest BCUT2D eigenvalue weighted by Crippen LogP contribution is -2.42. The molecule has 0 saturated heterocycles. The molecule has 6 heteroatoms. The molecule has 2 aromatic rings. The van der Waals surface area contributed by atoms with Crippen molar-refractivity contribution in [2.75, 3.05) is 25.6 Å². The third-order valence-electron chi connectivity index (χ3n) is 5.33. The van der Waals surface area contributed by atoms with Crippen LogP contribution in [-0.4, -0.2) is 37.2 Å². The molecule has 0 unspecified atom stereocenters. The summed E-state index contributed by atoms with van der Waals surface area (Å²) in [6.07, 6.45) is 7.17. The molecule has 1 aliphatic carbocycles. The van der Waals surface area contributed by atoms with E-state index in [9.17, 15) is 4.79 Å². The largest absolute Gasteiger partial charge is 0.383 e. The summed E-state index contributed by atoms with van der Waals surface area (Å²) in [4.78, 5) is 17.5. The van der Waals surface area contributed by atoms with E-state index in [1.807, 2.05) is 6.07 Å². The molecule has 1 fully saturated rings. The van der Waals surface area contributed by atoms with E-state index in [4.69, 9.17) is 9.72 Å². The molecular formula is C22H31N3O2S. The van der Waals surface area contributed by atoms with Gasteiger partial charge in [-0.15, -0.1) is 11.3 Å². The van der Waals surface area contributed by atoms with Gasteiger partial charge in [-0.1, -0.05) is 55.9 Å². The van der Waals surface area contributed by atoms with Crippen LogP contribution in [0.3, 0.4) is 0 Å². The number of nitrogens with one attached hydrogen (secondary N) is 2. The number of nitrogens with zero attached hydrogens (tertiary/aromatic N) is 1. The summed E-state index contributed by atoms with van der Waals surface area (Å²) in [5.74, 6) is 0.644. The van der Waals surface area contributed by atoms with Crippen molar-refractivity contribution in [2.45, 2.75) is 51.5 Å². The Balaban J connectivity index is 1.68. The van der Waals surface area contributed by atoms with Crippen LogP contribution in [0.4, 0.5) is 5.13 Å². The first-order valence-corrected chi connectivity index (χ1v) is 11.1. The summed E-state index contributed by atoms with van der Waals surface area (Å²) in [6.45, 7) is 3.14. The predicted molar refractivity (Wildman–Crippen MR) is 116 cm³/mol. The van der Waals surface area contributed by atoms with E-state index in [0.717, 1.165) is 22.8 Å². The van der Waals surface area contributed by atoms with E-state index in [-0.39, 0.29) is 11.9 Å². The SMILES string of the molecule is COCCNC(=O)[C@H](CC1CCCCC1)Nc1nc(-c2cccc(C)c2)cs1. The van der Waals surface area contributed by atoms with Crippen LogP contribution < -0.4 is 10.6 Å². The Morgan fingerprint density at radius 1 is 1.32 bits per heavy atom. The van der Waals surface area contributed by atoms with Gasteiger partial charge in [0.2, 0.25) is 5.91 Å². The van der Waals surface area contributed by atoms with Crippen LogP contribution in [0.5, 0.6) is 0 Å². The molecule has 5 nitrogen and oxygen atoms in total. The normalized spacial score (nSPS) is 15.9. The Bertz CT molecular complexity index is 756.